The summed E-state index contributed by atoms with van der Waals surface area (Å²) in [5.41, 5.74) is 3.26. The standard InChI is InChI=1S/C20H20N2O2S2/c1-24-15-8-9-17-14(11-15)5-4-10-22(17)20(23)13-25-12-19-21-16-6-2-3-7-18(16)26-19/h2-3,6-9,11H,4-5,10,12-13H2,1H3. The van der Waals surface area contributed by atoms with Gasteiger partial charge in [-0.05, 0) is 48.7 Å². The molecule has 26 heavy (non-hydrogen) atoms. The lowest BCUT2D eigenvalue weighted by atomic mass is 10.0. The van der Waals surface area contributed by atoms with Crippen LogP contribution in [0.2, 0.25) is 0 Å². The lowest BCUT2D eigenvalue weighted by Crippen LogP contribution is -2.36. The number of aromatic nitrogens is 1. The molecule has 0 unspecified atom stereocenters. The Morgan fingerprint density at radius 2 is 2.19 bits per heavy atom. The molecule has 0 bridgehead atoms. The Kier molecular flexibility index (Phi) is 5.13. The van der Waals surface area contributed by atoms with E-state index in [0.29, 0.717) is 5.75 Å². The van der Waals surface area contributed by atoms with Gasteiger partial charge in [-0.15, -0.1) is 23.1 Å². The second-order valence-corrected chi connectivity index (χ2v) is 8.31. The van der Waals surface area contributed by atoms with Gasteiger partial charge >= 0.3 is 0 Å². The Bertz CT molecular complexity index is 905. The Balaban J connectivity index is 1.39. The fourth-order valence-electron chi connectivity index (χ4n) is 3.24. The van der Waals surface area contributed by atoms with E-state index in [1.165, 1.54) is 10.3 Å². The number of nitrogens with zero attached hydrogens (tertiary/aromatic N) is 2. The van der Waals surface area contributed by atoms with Gasteiger partial charge in [0.2, 0.25) is 5.91 Å². The molecule has 2 heterocycles. The number of ether oxygens (including phenoxy) is 1. The lowest BCUT2D eigenvalue weighted by Gasteiger charge is -2.29. The Morgan fingerprint density at radius 1 is 1.31 bits per heavy atom. The second-order valence-electron chi connectivity index (χ2n) is 6.21. The first-order valence-corrected chi connectivity index (χ1v) is 10.6. The van der Waals surface area contributed by atoms with Gasteiger partial charge in [0.25, 0.3) is 0 Å². The number of carbonyl (C=O) groups excluding carboxylic acids is 1. The number of benzene rings is 2. The number of hydrogen-bond acceptors (Lipinski definition) is 5. The third-order valence-corrected chi connectivity index (χ3v) is 6.64. The maximum Gasteiger partial charge on any atom is 0.236 e. The maximum absolute atomic E-state index is 12.7. The van der Waals surface area contributed by atoms with Gasteiger partial charge in [0.15, 0.2) is 0 Å². The molecule has 0 atom stereocenters. The van der Waals surface area contributed by atoms with Crippen LogP contribution in [0.15, 0.2) is 42.5 Å². The highest BCUT2D eigenvalue weighted by Crippen LogP contribution is 2.31. The number of carbonyl (C=O) groups is 1. The van der Waals surface area contributed by atoms with Gasteiger partial charge in [-0.2, -0.15) is 0 Å². The topological polar surface area (TPSA) is 42.4 Å². The van der Waals surface area contributed by atoms with Gasteiger partial charge < -0.3 is 9.64 Å². The summed E-state index contributed by atoms with van der Waals surface area (Å²) in [5, 5.41) is 1.08. The van der Waals surface area contributed by atoms with Crippen molar-refractivity contribution >= 4 is 44.9 Å². The minimum atomic E-state index is 0.169. The van der Waals surface area contributed by atoms with Crippen molar-refractivity contribution in [2.24, 2.45) is 0 Å². The molecule has 1 aromatic heterocycles. The van der Waals surface area contributed by atoms with Crippen LogP contribution in [0.4, 0.5) is 5.69 Å². The molecule has 3 aromatic rings. The van der Waals surface area contributed by atoms with Crippen LogP contribution in [-0.4, -0.2) is 30.3 Å². The number of fused-ring (bicyclic) bond motifs is 2. The van der Waals surface area contributed by atoms with Crippen LogP contribution in [0.3, 0.4) is 0 Å². The molecule has 0 saturated heterocycles. The van der Waals surface area contributed by atoms with E-state index in [1.807, 2.05) is 41.3 Å². The van der Waals surface area contributed by atoms with E-state index in [-0.39, 0.29) is 5.91 Å². The molecule has 0 aliphatic carbocycles. The molecule has 0 radical (unpaired) electrons. The summed E-state index contributed by atoms with van der Waals surface area (Å²) in [6.45, 7) is 0.792. The van der Waals surface area contributed by atoms with Gasteiger partial charge in [0, 0.05) is 18.0 Å². The average Bonchev–Trinajstić information content (AvgIpc) is 3.09. The van der Waals surface area contributed by atoms with Crippen LogP contribution in [-0.2, 0) is 17.0 Å². The molecular weight excluding hydrogens is 364 g/mol. The zero-order chi connectivity index (χ0) is 17.9. The van der Waals surface area contributed by atoms with Crippen molar-refractivity contribution in [1.29, 1.82) is 0 Å². The van der Waals surface area contributed by atoms with E-state index >= 15 is 0 Å². The van der Waals surface area contributed by atoms with E-state index in [1.54, 1.807) is 30.2 Å². The summed E-state index contributed by atoms with van der Waals surface area (Å²) in [4.78, 5) is 19.3. The molecule has 4 nitrogen and oxygen atoms in total. The highest BCUT2D eigenvalue weighted by atomic mass is 32.2. The summed E-state index contributed by atoms with van der Waals surface area (Å²) in [6, 6.07) is 14.1. The van der Waals surface area contributed by atoms with Crippen molar-refractivity contribution in [3.05, 3.63) is 53.0 Å². The third kappa shape index (κ3) is 3.57. The molecule has 1 aliphatic heterocycles. The molecular formula is C20H20N2O2S2. The average molecular weight is 385 g/mol. The maximum atomic E-state index is 12.7. The summed E-state index contributed by atoms with van der Waals surface area (Å²) in [5.74, 6) is 2.26. The normalized spacial score (nSPS) is 13.7. The van der Waals surface area contributed by atoms with Crippen LogP contribution in [0.5, 0.6) is 5.75 Å². The highest BCUT2D eigenvalue weighted by Gasteiger charge is 2.22. The van der Waals surface area contributed by atoms with Crippen LogP contribution < -0.4 is 9.64 Å². The van der Waals surface area contributed by atoms with Crippen molar-refractivity contribution in [2.45, 2.75) is 18.6 Å². The smallest absolute Gasteiger partial charge is 0.236 e. The number of aryl methyl sites for hydroxylation is 1. The molecule has 1 aliphatic rings. The van der Waals surface area contributed by atoms with Crippen LogP contribution in [0, 0.1) is 0 Å². The van der Waals surface area contributed by atoms with Crippen molar-refractivity contribution < 1.29 is 9.53 Å². The lowest BCUT2D eigenvalue weighted by molar-refractivity contribution is -0.116. The van der Waals surface area contributed by atoms with Crippen molar-refractivity contribution in [1.82, 2.24) is 4.98 Å². The number of rotatable bonds is 5. The van der Waals surface area contributed by atoms with E-state index < -0.39 is 0 Å². The first kappa shape index (κ1) is 17.4. The highest BCUT2D eigenvalue weighted by molar-refractivity contribution is 7.99. The van der Waals surface area contributed by atoms with E-state index in [9.17, 15) is 4.79 Å². The van der Waals surface area contributed by atoms with Crippen molar-refractivity contribution in [3.63, 3.8) is 0 Å². The van der Waals surface area contributed by atoms with E-state index in [2.05, 4.69) is 11.1 Å². The van der Waals surface area contributed by atoms with Gasteiger partial charge in [-0.25, -0.2) is 4.98 Å². The van der Waals surface area contributed by atoms with Gasteiger partial charge in [0.1, 0.15) is 10.8 Å². The number of anilines is 1. The Labute approximate surface area is 161 Å². The minimum Gasteiger partial charge on any atom is -0.497 e. The number of thioether (sulfide) groups is 1. The largest absolute Gasteiger partial charge is 0.497 e. The zero-order valence-corrected chi connectivity index (χ0v) is 16.2. The first-order valence-electron chi connectivity index (χ1n) is 8.64. The fourth-order valence-corrected chi connectivity index (χ4v) is 5.16. The minimum absolute atomic E-state index is 0.169. The number of thiazole rings is 1. The number of methoxy groups -OCH3 is 1. The molecule has 0 saturated carbocycles. The number of amides is 1. The van der Waals surface area contributed by atoms with E-state index in [4.69, 9.17) is 4.74 Å². The molecule has 0 spiro atoms. The summed E-state index contributed by atoms with van der Waals surface area (Å²) in [6.07, 6.45) is 1.99. The zero-order valence-electron chi connectivity index (χ0n) is 14.6. The number of hydrogen-bond donors (Lipinski definition) is 0. The van der Waals surface area contributed by atoms with Crippen LogP contribution >= 0.6 is 23.1 Å². The predicted octanol–water partition coefficient (Wildman–Crippen LogP) is 4.52. The van der Waals surface area contributed by atoms with Gasteiger partial charge in [-0.1, -0.05) is 12.1 Å². The summed E-state index contributed by atoms with van der Waals surface area (Å²) >= 11 is 3.34. The molecule has 0 N–H and O–H groups in total. The molecule has 4 rings (SSSR count). The van der Waals surface area contributed by atoms with E-state index in [0.717, 1.165) is 47.1 Å². The molecule has 2 aromatic carbocycles. The third-order valence-electron chi connectivity index (χ3n) is 4.50. The monoisotopic (exact) mass is 384 g/mol. The Hall–Kier alpha value is -2.05. The molecule has 1 amide bonds. The molecule has 0 fully saturated rings. The summed E-state index contributed by atoms with van der Waals surface area (Å²) in [7, 11) is 1.67. The van der Waals surface area contributed by atoms with Gasteiger partial charge in [-0.3, -0.25) is 4.79 Å². The first-order chi connectivity index (χ1) is 12.7. The predicted molar refractivity (Wildman–Crippen MR) is 109 cm³/mol. The van der Waals surface area contributed by atoms with Crippen LogP contribution in [0.1, 0.15) is 17.0 Å². The quantitative estimate of drug-likeness (QED) is 0.649. The van der Waals surface area contributed by atoms with Crippen LogP contribution in [0.25, 0.3) is 10.2 Å². The number of para-hydroxylation sites is 1. The fraction of sp³-hybridized carbons (Fsp3) is 0.300. The van der Waals surface area contributed by atoms with Gasteiger partial charge in [0.05, 0.1) is 23.1 Å². The van der Waals surface area contributed by atoms with Crippen molar-refractivity contribution in [2.75, 3.05) is 24.3 Å². The molecule has 6 heteroatoms. The summed E-state index contributed by atoms with van der Waals surface area (Å²) < 4.78 is 6.50. The second kappa shape index (κ2) is 7.68. The molecule has 134 valence electrons. The van der Waals surface area contributed by atoms with Crippen molar-refractivity contribution in [3.8, 4) is 5.75 Å². The Morgan fingerprint density at radius 3 is 3.04 bits per heavy atom. The SMILES string of the molecule is COc1ccc2c(c1)CCCN2C(=O)CSCc1nc2ccccc2s1.